The maximum atomic E-state index is 13.5. The van der Waals surface area contributed by atoms with Crippen molar-refractivity contribution in [2.45, 2.75) is 32.9 Å². The minimum atomic E-state index is -0.234. The topological polar surface area (TPSA) is 82.4 Å². The van der Waals surface area contributed by atoms with Crippen molar-refractivity contribution < 1.29 is 14.3 Å². The summed E-state index contributed by atoms with van der Waals surface area (Å²) in [7, 11) is 0. The average Bonchev–Trinajstić information content (AvgIpc) is 3.28. The van der Waals surface area contributed by atoms with E-state index >= 15 is 0 Å². The van der Waals surface area contributed by atoms with Gasteiger partial charge >= 0.3 is 0 Å². The number of morpholine rings is 1. The van der Waals surface area contributed by atoms with Crippen LogP contribution in [-0.4, -0.2) is 62.7 Å². The lowest BCUT2D eigenvalue weighted by atomic mass is 10.1. The van der Waals surface area contributed by atoms with E-state index in [1.54, 1.807) is 18.6 Å². The maximum absolute atomic E-state index is 13.5. The summed E-state index contributed by atoms with van der Waals surface area (Å²) in [6.07, 6.45) is 4.66. The van der Waals surface area contributed by atoms with Gasteiger partial charge in [0.15, 0.2) is 0 Å². The summed E-state index contributed by atoms with van der Waals surface area (Å²) in [5, 5.41) is 8.39. The van der Waals surface area contributed by atoms with Crippen molar-refractivity contribution in [2.75, 3.05) is 19.8 Å². The first kappa shape index (κ1) is 20.0. The maximum Gasteiger partial charge on any atom is 0.256 e. The molecule has 0 spiro atoms. The smallest absolute Gasteiger partial charge is 0.256 e. The Morgan fingerprint density at radius 1 is 1.20 bits per heavy atom. The van der Waals surface area contributed by atoms with E-state index < -0.39 is 0 Å². The number of aryl methyl sites for hydroxylation is 2. The van der Waals surface area contributed by atoms with Crippen LogP contribution in [0.15, 0.2) is 48.9 Å². The molecule has 1 aliphatic heterocycles. The molecular formula is C22H25N5O3. The van der Waals surface area contributed by atoms with Crippen molar-refractivity contribution in [3.8, 4) is 11.6 Å². The van der Waals surface area contributed by atoms with E-state index in [-0.39, 0.29) is 18.1 Å². The van der Waals surface area contributed by atoms with Gasteiger partial charge < -0.3 is 14.4 Å². The Labute approximate surface area is 175 Å². The van der Waals surface area contributed by atoms with Gasteiger partial charge in [-0.3, -0.25) is 4.79 Å². The average molecular weight is 407 g/mol. The van der Waals surface area contributed by atoms with Crippen LogP contribution < -0.4 is 4.74 Å². The first-order chi connectivity index (χ1) is 14.5. The standard InChI is InChI=1S/C22H25N5O3/c1-15-6-7-20(27-24-9-10-25-27)19(11-15)22(28)26-12-18(29-13-17(26)3)14-30-21-16(2)5-4-8-23-21/h4-11,17-18H,12-14H2,1-3H3/t17-,18-/m1/s1. The highest BCUT2D eigenvalue weighted by molar-refractivity contribution is 5.98. The van der Waals surface area contributed by atoms with Crippen LogP contribution in [0.4, 0.5) is 0 Å². The van der Waals surface area contributed by atoms with Gasteiger partial charge in [0.05, 0.1) is 42.8 Å². The van der Waals surface area contributed by atoms with E-state index in [2.05, 4.69) is 15.2 Å². The molecule has 156 valence electrons. The predicted molar refractivity (Wildman–Crippen MR) is 111 cm³/mol. The Bertz CT molecular complexity index is 1020. The lowest BCUT2D eigenvalue weighted by Gasteiger charge is -2.38. The molecular weight excluding hydrogens is 382 g/mol. The van der Waals surface area contributed by atoms with Gasteiger partial charge in [-0.25, -0.2) is 4.98 Å². The summed E-state index contributed by atoms with van der Waals surface area (Å²) in [6, 6.07) is 9.47. The number of benzene rings is 1. The van der Waals surface area contributed by atoms with E-state index in [1.165, 1.54) is 4.80 Å². The van der Waals surface area contributed by atoms with Crippen molar-refractivity contribution >= 4 is 5.91 Å². The number of ether oxygens (including phenoxy) is 2. The summed E-state index contributed by atoms with van der Waals surface area (Å²) in [5.74, 6) is 0.518. The number of pyridine rings is 1. The molecule has 1 fully saturated rings. The fraction of sp³-hybridized carbons (Fsp3) is 0.364. The zero-order chi connectivity index (χ0) is 21.1. The van der Waals surface area contributed by atoms with Crippen LogP contribution in [0.25, 0.3) is 5.69 Å². The molecule has 1 aromatic carbocycles. The highest BCUT2D eigenvalue weighted by atomic mass is 16.5. The zero-order valence-corrected chi connectivity index (χ0v) is 17.4. The first-order valence-corrected chi connectivity index (χ1v) is 9.97. The van der Waals surface area contributed by atoms with Crippen molar-refractivity contribution in [2.24, 2.45) is 0 Å². The number of rotatable bonds is 5. The van der Waals surface area contributed by atoms with Gasteiger partial charge in [-0.15, -0.1) is 0 Å². The molecule has 0 N–H and O–H groups in total. The highest BCUT2D eigenvalue weighted by Crippen LogP contribution is 2.22. The molecule has 2 atom stereocenters. The van der Waals surface area contributed by atoms with Crippen molar-refractivity contribution in [1.82, 2.24) is 24.9 Å². The summed E-state index contributed by atoms with van der Waals surface area (Å²) < 4.78 is 11.8. The lowest BCUT2D eigenvalue weighted by Crippen LogP contribution is -2.52. The quantitative estimate of drug-likeness (QED) is 0.647. The Kier molecular flexibility index (Phi) is 5.76. The van der Waals surface area contributed by atoms with Crippen molar-refractivity contribution in [3.05, 3.63) is 65.6 Å². The lowest BCUT2D eigenvalue weighted by molar-refractivity contribution is -0.0633. The number of aromatic nitrogens is 4. The Balaban J connectivity index is 1.52. The van der Waals surface area contributed by atoms with Gasteiger partial charge in [0.2, 0.25) is 5.88 Å². The van der Waals surface area contributed by atoms with Crippen LogP contribution in [0.2, 0.25) is 0 Å². The van der Waals surface area contributed by atoms with Crippen LogP contribution in [0.1, 0.15) is 28.4 Å². The zero-order valence-electron chi connectivity index (χ0n) is 17.4. The monoisotopic (exact) mass is 407 g/mol. The molecule has 30 heavy (non-hydrogen) atoms. The number of hydrogen-bond donors (Lipinski definition) is 0. The first-order valence-electron chi connectivity index (χ1n) is 9.97. The van der Waals surface area contributed by atoms with Gasteiger partial charge in [-0.1, -0.05) is 17.7 Å². The fourth-order valence-electron chi connectivity index (χ4n) is 3.49. The van der Waals surface area contributed by atoms with Gasteiger partial charge in [-0.05, 0) is 39.0 Å². The number of nitrogens with zero attached hydrogens (tertiary/aromatic N) is 5. The molecule has 1 saturated heterocycles. The van der Waals surface area contributed by atoms with Gasteiger partial charge in [0, 0.05) is 11.8 Å². The summed E-state index contributed by atoms with van der Waals surface area (Å²) >= 11 is 0. The molecule has 0 saturated carbocycles. The molecule has 1 aliphatic rings. The van der Waals surface area contributed by atoms with E-state index in [0.29, 0.717) is 36.9 Å². The second-order valence-corrected chi connectivity index (χ2v) is 7.54. The predicted octanol–water partition coefficient (Wildman–Crippen LogP) is 2.59. The normalized spacial score (nSPS) is 19.0. The minimum Gasteiger partial charge on any atom is -0.475 e. The Morgan fingerprint density at radius 2 is 2.00 bits per heavy atom. The van der Waals surface area contributed by atoms with Crippen molar-refractivity contribution in [1.29, 1.82) is 0 Å². The van der Waals surface area contributed by atoms with Gasteiger partial charge in [0.1, 0.15) is 12.7 Å². The fourth-order valence-corrected chi connectivity index (χ4v) is 3.49. The Morgan fingerprint density at radius 3 is 2.77 bits per heavy atom. The van der Waals surface area contributed by atoms with E-state index in [9.17, 15) is 4.79 Å². The number of amides is 1. The SMILES string of the molecule is Cc1ccc(-n2nccn2)c(C(=O)N2C[C@H](COc3ncccc3C)OC[C@H]2C)c1. The summed E-state index contributed by atoms with van der Waals surface area (Å²) in [5.41, 5.74) is 3.19. The number of carbonyl (C=O) groups is 1. The van der Waals surface area contributed by atoms with E-state index in [4.69, 9.17) is 9.47 Å². The van der Waals surface area contributed by atoms with Gasteiger partial charge in [-0.2, -0.15) is 15.0 Å². The molecule has 1 amide bonds. The number of hydrogen-bond acceptors (Lipinski definition) is 6. The van der Waals surface area contributed by atoms with Crippen molar-refractivity contribution in [3.63, 3.8) is 0 Å². The third-order valence-electron chi connectivity index (χ3n) is 5.15. The molecule has 3 heterocycles. The molecule has 8 nitrogen and oxygen atoms in total. The number of carbonyl (C=O) groups excluding carboxylic acids is 1. The van der Waals surface area contributed by atoms with Crippen LogP contribution in [0, 0.1) is 13.8 Å². The molecule has 4 rings (SSSR count). The molecule has 8 heteroatoms. The molecule has 0 radical (unpaired) electrons. The Hall–Kier alpha value is -3.26. The van der Waals surface area contributed by atoms with E-state index in [0.717, 1.165) is 11.1 Å². The van der Waals surface area contributed by atoms with Crippen LogP contribution in [0.3, 0.4) is 0 Å². The highest BCUT2D eigenvalue weighted by Gasteiger charge is 2.32. The summed E-state index contributed by atoms with van der Waals surface area (Å²) in [6.45, 7) is 7.11. The van der Waals surface area contributed by atoms with E-state index in [1.807, 2.05) is 56.0 Å². The van der Waals surface area contributed by atoms with Crippen LogP contribution in [0.5, 0.6) is 5.88 Å². The second kappa shape index (κ2) is 8.62. The second-order valence-electron chi connectivity index (χ2n) is 7.54. The molecule has 0 unspecified atom stereocenters. The molecule has 0 aliphatic carbocycles. The van der Waals surface area contributed by atoms with Gasteiger partial charge in [0.25, 0.3) is 5.91 Å². The largest absolute Gasteiger partial charge is 0.475 e. The summed E-state index contributed by atoms with van der Waals surface area (Å²) in [4.78, 5) is 21.1. The molecule has 2 aromatic heterocycles. The molecule has 3 aromatic rings. The minimum absolute atomic E-state index is 0.0516. The van der Waals surface area contributed by atoms with Crippen LogP contribution in [-0.2, 0) is 4.74 Å². The van der Waals surface area contributed by atoms with Crippen LogP contribution >= 0.6 is 0 Å². The third kappa shape index (κ3) is 4.18. The molecule has 0 bridgehead atoms. The third-order valence-corrected chi connectivity index (χ3v) is 5.15.